The van der Waals surface area contributed by atoms with Gasteiger partial charge in [0.05, 0.1) is 6.20 Å². The number of nitrogens with zero attached hydrogens (tertiary/aromatic N) is 2. The zero-order chi connectivity index (χ0) is 5.98. The Labute approximate surface area is 54.5 Å². The average molecular weight is 175 g/mol. The van der Waals surface area contributed by atoms with Gasteiger partial charge in [0.25, 0.3) is 0 Å². The predicted octanol–water partition coefficient (Wildman–Crippen LogP) is 0.945. The molecule has 3 nitrogen and oxygen atoms in total. The van der Waals surface area contributed by atoms with Crippen molar-refractivity contribution in [3.05, 3.63) is 16.9 Å². The molecule has 0 aromatic carbocycles. The van der Waals surface area contributed by atoms with Crippen LogP contribution in [-0.2, 0) is 0 Å². The Morgan fingerprint density at radius 2 is 2.38 bits per heavy atom. The van der Waals surface area contributed by atoms with Gasteiger partial charge in [-0.05, 0) is 15.9 Å². The monoisotopic (exact) mass is 174 g/mol. The molecule has 0 saturated heterocycles. The van der Waals surface area contributed by atoms with Crippen molar-refractivity contribution in [3.63, 3.8) is 0 Å². The maximum Gasteiger partial charge on any atom is 0.170 e. The van der Waals surface area contributed by atoms with Crippen LogP contribution in [0.5, 0.6) is 5.75 Å². The van der Waals surface area contributed by atoms with Gasteiger partial charge in [0.1, 0.15) is 0 Å². The van der Waals surface area contributed by atoms with Crippen LogP contribution in [-0.4, -0.2) is 15.3 Å². The first-order valence-electron chi connectivity index (χ1n) is 1.97. The molecular formula is C4H3BrN2O. The Balaban J connectivity index is 3.13. The summed E-state index contributed by atoms with van der Waals surface area (Å²) in [4.78, 5) is 0. The molecule has 0 bridgehead atoms. The molecule has 0 aliphatic rings. The van der Waals surface area contributed by atoms with E-state index in [1.54, 1.807) is 0 Å². The second-order valence-electron chi connectivity index (χ2n) is 1.21. The number of hydrogen-bond acceptors (Lipinski definition) is 3. The summed E-state index contributed by atoms with van der Waals surface area (Å²) in [5, 5.41) is 15.8. The summed E-state index contributed by atoms with van der Waals surface area (Å²) in [6.07, 6.45) is 1.42. The summed E-state index contributed by atoms with van der Waals surface area (Å²) in [6, 6.07) is 1.46. The van der Waals surface area contributed by atoms with Crippen molar-refractivity contribution in [2.75, 3.05) is 0 Å². The van der Waals surface area contributed by atoms with Crippen LogP contribution in [0.25, 0.3) is 0 Å². The number of halogens is 1. The van der Waals surface area contributed by atoms with Gasteiger partial charge in [0.2, 0.25) is 0 Å². The minimum absolute atomic E-state index is 0.111. The molecule has 0 aliphatic carbocycles. The van der Waals surface area contributed by atoms with Crippen molar-refractivity contribution in [2.45, 2.75) is 0 Å². The highest BCUT2D eigenvalue weighted by Gasteiger charge is 1.92. The van der Waals surface area contributed by atoms with E-state index in [2.05, 4.69) is 26.1 Å². The molecule has 1 N–H and O–H groups in total. The summed E-state index contributed by atoms with van der Waals surface area (Å²) < 4.78 is 0.375. The second-order valence-corrected chi connectivity index (χ2v) is 1.96. The number of rotatable bonds is 0. The highest BCUT2D eigenvalue weighted by atomic mass is 79.9. The van der Waals surface area contributed by atoms with Crippen molar-refractivity contribution < 1.29 is 5.11 Å². The van der Waals surface area contributed by atoms with Gasteiger partial charge in [-0.2, -0.15) is 5.10 Å². The number of aromatic nitrogens is 2. The molecule has 1 aromatic rings. The molecule has 0 atom stereocenters. The van der Waals surface area contributed by atoms with Gasteiger partial charge in [0.15, 0.2) is 10.4 Å². The van der Waals surface area contributed by atoms with Gasteiger partial charge in [-0.15, -0.1) is 5.10 Å². The summed E-state index contributed by atoms with van der Waals surface area (Å²) in [5.74, 6) is 0.111. The fraction of sp³-hybridized carbons (Fsp3) is 0. The van der Waals surface area contributed by atoms with Crippen LogP contribution in [0, 0.1) is 0 Å². The minimum Gasteiger partial charge on any atom is -0.505 e. The quantitative estimate of drug-likeness (QED) is 0.638. The predicted molar refractivity (Wildman–Crippen MR) is 31.4 cm³/mol. The first-order valence-corrected chi connectivity index (χ1v) is 2.76. The Morgan fingerprint density at radius 3 is 2.75 bits per heavy atom. The molecule has 0 spiro atoms. The van der Waals surface area contributed by atoms with Gasteiger partial charge in [-0.3, -0.25) is 0 Å². The topological polar surface area (TPSA) is 46.0 Å². The normalized spacial score (nSPS) is 9.12. The Hall–Kier alpha value is -0.640. The van der Waals surface area contributed by atoms with E-state index in [1.807, 2.05) is 0 Å². The van der Waals surface area contributed by atoms with Gasteiger partial charge in [-0.25, -0.2) is 0 Å². The molecule has 0 fully saturated rings. The fourth-order valence-electron chi connectivity index (χ4n) is 0.308. The summed E-state index contributed by atoms with van der Waals surface area (Å²) >= 11 is 2.97. The molecule has 0 saturated carbocycles. The number of hydrogen-bond donors (Lipinski definition) is 1. The van der Waals surface area contributed by atoms with E-state index in [9.17, 15) is 0 Å². The van der Waals surface area contributed by atoms with Crippen LogP contribution in [0.2, 0.25) is 0 Å². The minimum atomic E-state index is 0.111. The van der Waals surface area contributed by atoms with Crippen LogP contribution in [0.4, 0.5) is 0 Å². The maximum atomic E-state index is 8.77. The van der Waals surface area contributed by atoms with Crippen molar-refractivity contribution >= 4 is 15.9 Å². The van der Waals surface area contributed by atoms with Gasteiger partial charge in [0, 0.05) is 6.07 Å². The molecule has 0 amide bonds. The van der Waals surface area contributed by atoms with Crippen molar-refractivity contribution in [1.82, 2.24) is 10.2 Å². The first-order chi connectivity index (χ1) is 3.80. The molecule has 0 aliphatic heterocycles. The van der Waals surface area contributed by atoms with E-state index >= 15 is 0 Å². The Bertz CT molecular complexity index is 170. The van der Waals surface area contributed by atoms with E-state index in [0.29, 0.717) is 4.60 Å². The SMILES string of the molecule is Oc1ccnnc1Br. The van der Waals surface area contributed by atoms with E-state index in [1.165, 1.54) is 12.3 Å². The van der Waals surface area contributed by atoms with Crippen molar-refractivity contribution in [1.29, 1.82) is 0 Å². The summed E-state index contributed by atoms with van der Waals surface area (Å²) in [6.45, 7) is 0. The fourth-order valence-corrected chi connectivity index (χ4v) is 0.532. The first kappa shape index (κ1) is 5.50. The Morgan fingerprint density at radius 1 is 1.62 bits per heavy atom. The van der Waals surface area contributed by atoms with E-state index < -0.39 is 0 Å². The van der Waals surface area contributed by atoms with Gasteiger partial charge in [-0.1, -0.05) is 0 Å². The molecular weight excluding hydrogens is 172 g/mol. The van der Waals surface area contributed by atoms with Gasteiger partial charge >= 0.3 is 0 Å². The zero-order valence-corrected chi connectivity index (χ0v) is 5.46. The number of aromatic hydroxyl groups is 1. The lowest BCUT2D eigenvalue weighted by atomic mass is 10.5. The third-order valence-corrected chi connectivity index (χ3v) is 1.22. The molecule has 1 rings (SSSR count). The van der Waals surface area contributed by atoms with E-state index in [0.717, 1.165) is 0 Å². The van der Waals surface area contributed by atoms with Crippen LogP contribution >= 0.6 is 15.9 Å². The lowest BCUT2D eigenvalue weighted by molar-refractivity contribution is 0.466. The highest BCUT2D eigenvalue weighted by Crippen LogP contribution is 2.16. The Kier molecular flexibility index (Phi) is 1.43. The largest absolute Gasteiger partial charge is 0.505 e. The zero-order valence-electron chi connectivity index (χ0n) is 3.87. The molecule has 4 heteroatoms. The molecule has 0 radical (unpaired) electrons. The van der Waals surface area contributed by atoms with Crippen LogP contribution < -0.4 is 0 Å². The third-order valence-electron chi connectivity index (χ3n) is 0.656. The highest BCUT2D eigenvalue weighted by molar-refractivity contribution is 9.10. The van der Waals surface area contributed by atoms with Gasteiger partial charge < -0.3 is 5.11 Å². The maximum absolute atomic E-state index is 8.77. The third kappa shape index (κ3) is 0.949. The molecule has 42 valence electrons. The molecule has 1 heterocycles. The smallest absolute Gasteiger partial charge is 0.170 e. The molecule has 8 heavy (non-hydrogen) atoms. The summed E-state index contributed by atoms with van der Waals surface area (Å²) in [5.41, 5.74) is 0. The van der Waals surface area contributed by atoms with Crippen LogP contribution in [0.1, 0.15) is 0 Å². The lowest BCUT2D eigenvalue weighted by Gasteiger charge is -1.88. The average Bonchev–Trinajstić information content (AvgIpc) is 1.77. The van der Waals surface area contributed by atoms with E-state index in [4.69, 9.17) is 5.11 Å². The lowest BCUT2D eigenvalue weighted by Crippen LogP contribution is -1.78. The van der Waals surface area contributed by atoms with Crippen molar-refractivity contribution in [2.24, 2.45) is 0 Å². The second kappa shape index (κ2) is 2.09. The molecule has 0 unspecified atom stereocenters. The van der Waals surface area contributed by atoms with Crippen molar-refractivity contribution in [3.8, 4) is 5.75 Å². The summed E-state index contributed by atoms with van der Waals surface area (Å²) in [7, 11) is 0. The van der Waals surface area contributed by atoms with E-state index in [-0.39, 0.29) is 5.75 Å². The molecule has 1 aromatic heterocycles. The standard InChI is InChI=1S/C4H3BrN2O/c5-4-3(8)1-2-6-7-4/h1-2H,(H,6,8). The van der Waals surface area contributed by atoms with Crippen LogP contribution in [0.15, 0.2) is 16.9 Å². The van der Waals surface area contributed by atoms with Crippen LogP contribution in [0.3, 0.4) is 0 Å².